The molecule has 0 aliphatic carbocycles. The molecule has 0 fully saturated rings. The van der Waals surface area contributed by atoms with Crippen LogP contribution in [0.5, 0.6) is 5.75 Å². The average Bonchev–Trinajstić information content (AvgIpc) is 2.28. The SMILES string of the molecule is Cc1cc(=O)c(O)c(Cc2ccc(Cl)cc2)o1. The summed E-state index contributed by atoms with van der Waals surface area (Å²) in [4.78, 5) is 11.4. The van der Waals surface area contributed by atoms with Crippen molar-refractivity contribution >= 4 is 11.6 Å². The van der Waals surface area contributed by atoms with E-state index in [1.54, 1.807) is 19.1 Å². The van der Waals surface area contributed by atoms with E-state index >= 15 is 0 Å². The predicted molar refractivity (Wildman–Crippen MR) is 65.6 cm³/mol. The zero-order valence-electron chi connectivity index (χ0n) is 9.24. The van der Waals surface area contributed by atoms with Gasteiger partial charge in [-0.15, -0.1) is 0 Å². The first-order chi connectivity index (χ1) is 8.06. The Bertz CT molecular complexity index is 585. The summed E-state index contributed by atoms with van der Waals surface area (Å²) in [7, 11) is 0. The minimum absolute atomic E-state index is 0.275. The van der Waals surface area contributed by atoms with E-state index in [0.29, 0.717) is 17.2 Å². The third-order valence-corrected chi connectivity index (χ3v) is 2.65. The van der Waals surface area contributed by atoms with Crippen molar-refractivity contribution in [3.63, 3.8) is 0 Å². The van der Waals surface area contributed by atoms with Gasteiger partial charge in [-0.05, 0) is 24.6 Å². The predicted octanol–water partition coefficient (Wildman–Crippen LogP) is 2.90. The van der Waals surface area contributed by atoms with E-state index < -0.39 is 5.43 Å². The standard InChI is InChI=1S/C13H11ClO3/c1-8-6-11(15)13(16)12(17-8)7-9-2-4-10(14)5-3-9/h2-6,16H,7H2,1H3. The summed E-state index contributed by atoms with van der Waals surface area (Å²) in [5.41, 5.74) is 0.496. The van der Waals surface area contributed by atoms with Gasteiger partial charge in [-0.3, -0.25) is 4.79 Å². The molecule has 3 nitrogen and oxygen atoms in total. The first-order valence-corrected chi connectivity index (χ1v) is 5.51. The maximum Gasteiger partial charge on any atom is 0.227 e. The molecular formula is C13H11ClO3. The second-order valence-electron chi connectivity index (χ2n) is 3.80. The van der Waals surface area contributed by atoms with Crippen LogP contribution < -0.4 is 5.43 Å². The van der Waals surface area contributed by atoms with Crippen molar-refractivity contribution in [2.75, 3.05) is 0 Å². The van der Waals surface area contributed by atoms with Crippen LogP contribution in [0.3, 0.4) is 0 Å². The molecule has 2 aromatic rings. The topological polar surface area (TPSA) is 50.4 Å². The quantitative estimate of drug-likeness (QED) is 0.892. The zero-order chi connectivity index (χ0) is 12.4. The Kier molecular flexibility index (Phi) is 3.20. The normalized spacial score (nSPS) is 10.5. The van der Waals surface area contributed by atoms with Crippen LogP contribution in [0.1, 0.15) is 17.1 Å². The van der Waals surface area contributed by atoms with E-state index in [2.05, 4.69) is 0 Å². The van der Waals surface area contributed by atoms with Gasteiger partial charge in [0.05, 0.1) is 0 Å². The van der Waals surface area contributed by atoms with Crippen LogP contribution in [0.15, 0.2) is 39.5 Å². The second kappa shape index (κ2) is 4.63. The van der Waals surface area contributed by atoms with Crippen molar-refractivity contribution in [1.82, 2.24) is 0 Å². The molecule has 4 heteroatoms. The first-order valence-electron chi connectivity index (χ1n) is 5.13. The van der Waals surface area contributed by atoms with Gasteiger partial charge in [-0.1, -0.05) is 23.7 Å². The first kappa shape index (κ1) is 11.7. The van der Waals surface area contributed by atoms with Crippen molar-refractivity contribution < 1.29 is 9.52 Å². The Morgan fingerprint density at radius 2 is 1.94 bits per heavy atom. The van der Waals surface area contributed by atoms with E-state index in [1.165, 1.54) is 6.07 Å². The molecule has 0 saturated carbocycles. The van der Waals surface area contributed by atoms with Gasteiger partial charge in [0.15, 0.2) is 5.76 Å². The van der Waals surface area contributed by atoms with Crippen LogP contribution >= 0.6 is 11.6 Å². The summed E-state index contributed by atoms with van der Waals surface area (Å²) in [6.07, 6.45) is 0.361. The van der Waals surface area contributed by atoms with E-state index in [4.69, 9.17) is 16.0 Å². The Morgan fingerprint density at radius 1 is 1.29 bits per heavy atom. The third kappa shape index (κ3) is 2.68. The molecule has 0 spiro atoms. The molecule has 0 atom stereocenters. The molecule has 0 aliphatic heterocycles. The molecule has 1 heterocycles. The van der Waals surface area contributed by atoms with Gasteiger partial charge >= 0.3 is 0 Å². The van der Waals surface area contributed by atoms with Crippen molar-refractivity contribution in [3.05, 3.63) is 62.7 Å². The highest BCUT2D eigenvalue weighted by molar-refractivity contribution is 6.30. The minimum Gasteiger partial charge on any atom is -0.502 e. The third-order valence-electron chi connectivity index (χ3n) is 2.39. The molecule has 17 heavy (non-hydrogen) atoms. The van der Waals surface area contributed by atoms with Gasteiger partial charge in [-0.2, -0.15) is 0 Å². The Hall–Kier alpha value is -1.74. The fourth-order valence-electron chi connectivity index (χ4n) is 1.57. The number of benzene rings is 1. The smallest absolute Gasteiger partial charge is 0.227 e. The minimum atomic E-state index is -0.419. The molecular weight excluding hydrogens is 240 g/mol. The van der Waals surface area contributed by atoms with Crippen LogP contribution in [0, 0.1) is 6.92 Å². The molecule has 0 radical (unpaired) electrons. The number of aromatic hydroxyl groups is 1. The fourth-order valence-corrected chi connectivity index (χ4v) is 1.70. The summed E-state index contributed by atoms with van der Waals surface area (Å²) < 4.78 is 5.34. The van der Waals surface area contributed by atoms with E-state index in [9.17, 15) is 9.90 Å². The molecule has 0 saturated heterocycles. The number of aryl methyl sites for hydroxylation is 1. The van der Waals surface area contributed by atoms with Gasteiger partial charge < -0.3 is 9.52 Å². The number of halogens is 1. The van der Waals surface area contributed by atoms with Crippen LogP contribution in [0.4, 0.5) is 0 Å². The molecule has 1 N–H and O–H groups in total. The maximum absolute atomic E-state index is 11.4. The molecule has 0 amide bonds. The Morgan fingerprint density at radius 3 is 2.59 bits per heavy atom. The van der Waals surface area contributed by atoms with Crippen molar-refractivity contribution in [2.24, 2.45) is 0 Å². The molecule has 2 rings (SSSR count). The molecule has 0 aliphatic rings. The van der Waals surface area contributed by atoms with E-state index in [1.807, 2.05) is 12.1 Å². The summed E-state index contributed by atoms with van der Waals surface area (Å²) in [6.45, 7) is 1.67. The van der Waals surface area contributed by atoms with Crippen LogP contribution in [-0.4, -0.2) is 5.11 Å². The van der Waals surface area contributed by atoms with Crippen molar-refractivity contribution in [2.45, 2.75) is 13.3 Å². The van der Waals surface area contributed by atoms with Crippen molar-refractivity contribution in [1.29, 1.82) is 0 Å². The monoisotopic (exact) mass is 250 g/mol. The summed E-state index contributed by atoms with van der Waals surface area (Å²) in [5, 5.41) is 10.2. The lowest BCUT2D eigenvalue weighted by atomic mass is 10.1. The number of rotatable bonds is 2. The maximum atomic E-state index is 11.4. The lowest BCUT2D eigenvalue weighted by molar-refractivity contribution is 0.394. The fraction of sp³-hybridized carbons (Fsp3) is 0.154. The second-order valence-corrected chi connectivity index (χ2v) is 4.23. The highest BCUT2D eigenvalue weighted by atomic mass is 35.5. The van der Waals surface area contributed by atoms with E-state index in [0.717, 1.165) is 5.56 Å². The van der Waals surface area contributed by atoms with Crippen LogP contribution in [0.25, 0.3) is 0 Å². The Balaban J connectivity index is 2.36. The van der Waals surface area contributed by atoms with Crippen LogP contribution in [0.2, 0.25) is 5.02 Å². The molecule has 1 aromatic heterocycles. The lowest BCUT2D eigenvalue weighted by Crippen LogP contribution is -2.03. The van der Waals surface area contributed by atoms with Gasteiger partial charge in [0, 0.05) is 17.5 Å². The Labute approximate surface area is 103 Å². The lowest BCUT2D eigenvalue weighted by Gasteiger charge is -2.04. The average molecular weight is 251 g/mol. The zero-order valence-corrected chi connectivity index (χ0v) is 9.99. The van der Waals surface area contributed by atoms with Gasteiger partial charge in [0.25, 0.3) is 0 Å². The molecule has 88 valence electrons. The highest BCUT2D eigenvalue weighted by Crippen LogP contribution is 2.19. The molecule has 0 unspecified atom stereocenters. The summed E-state index contributed by atoms with van der Waals surface area (Å²) >= 11 is 5.77. The number of hydrogen-bond donors (Lipinski definition) is 1. The van der Waals surface area contributed by atoms with Gasteiger partial charge in [0.1, 0.15) is 5.76 Å². The summed E-state index contributed by atoms with van der Waals surface area (Å²) in [6, 6.07) is 8.42. The van der Waals surface area contributed by atoms with Crippen LogP contribution in [-0.2, 0) is 6.42 Å². The number of hydrogen-bond acceptors (Lipinski definition) is 3. The highest BCUT2D eigenvalue weighted by Gasteiger charge is 2.10. The van der Waals surface area contributed by atoms with E-state index in [-0.39, 0.29) is 11.5 Å². The summed E-state index contributed by atoms with van der Waals surface area (Å²) in [5.74, 6) is 0.430. The van der Waals surface area contributed by atoms with Gasteiger partial charge in [-0.25, -0.2) is 0 Å². The van der Waals surface area contributed by atoms with Gasteiger partial charge in [0.2, 0.25) is 11.2 Å². The molecule has 1 aromatic carbocycles. The molecule has 0 bridgehead atoms. The largest absolute Gasteiger partial charge is 0.502 e. The van der Waals surface area contributed by atoms with Crippen molar-refractivity contribution in [3.8, 4) is 5.75 Å².